The van der Waals surface area contributed by atoms with Gasteiger partial charge in [-0.2, -0.15) is 0 Å². The Kier molecular flexibility index (Phi) is 38.0. The Morgan fingerprint density at radius 1 is 0.463 bits per heavy atom. The van der Waals surface area contributed by atoms with Crippen molar-refractivity contribution in [3.05, 3.63) is 275 Å². The van der Waals surface area contributed by atoms with Gasteiger partial charge < -0.3 is 77.7 Å². The fourth-order valence-corrected chi connectivity index (χ4v) is 8.65. The Labute approximate surface area is 554 Å². The van der Waals surface area contributed by atoms with Crippen molar-refractivity contribution in [2.24, 2.45) is 11.5 Å². The fraction of sp³-hybridized carbons (Fsp3) is 0.292. The third-order valence-corrected chi connectivity index (χ3v) is 14.5. The molecule has 0 heterocycles. The lowest BCUT2D eigenvalue weighted by Gasteiger charge is -2.37. The number of benzene rings is 7. The molecule has 10 atom stereocenters. The van der Waals surface area contributed by atoms with Gasteiger partial charge in [-0.25, -0.2) is 9.59 Å². The minimum atomic E-state index is -1.87. The van der Waals surface area contributed by atoms with Gasteiger partial charge in [0.15, 0.2) is 0 Å². The third-order valence-electron chi connectivity index (χ3n) is 14.5. The molecule has 23 heteroatoms. The van der Waals surface area contributed by atoms with E-state index < -0.39 is 89.9 Å². The number of carboxylic acid groups (broad SMARTS) is 4. The quantitative estimate of drug-likeness (QED) is 0.0175. The minimum absolute atomic E-state index is 0.00398. The van der Waals surface area contributed by atoms with Crippen molar-refractivity contribution in [1.82, 2.24) is 10.6 Å². The molecule has 0 spiro atoms. The van der Waals surface area contributed by atoms with Crippen LogP contribution in [0.4, 0.5) is 0 Å². The van der Waals surface area contributed by atoms with Gasteiger partial charge in [0, 0.05) is 19.8 Å². The van der Waals surface area contributed by atoms with Gasteiger partial charge in [0.2, 0.25) is 5.78 Å². The van der Waals surface area contributed by atoms with Crippen LogP contribution in [0, 0.1) is 0 Å². The average molecular weight is 1310 g/mol. The molecule has 0 amide bonds. The van der Waals surface area contributed by atoms with Crippen LogP contribution in [0.15, 0.2) is 237 Å². The molecule has 7 aromatic carbocycles. The van der Waals surface area contributed by atoms with E-state index in [4.69, 9.17) is 36.8 Å². The van der Waals surface area contributed by atoms with Crippen LogP contribution >= 0.6 is 0 Å². The van der Waals surface area contributed by atoms with Gasteiger partial charge >= 0.3 is 31.0 Å². The molecule has 7 aromatic rings. The van der Waals surface area contributed by atoms with Crippen molar-refractivity contribution < 1.29 is 90.2 Å². The van der Waals surface area contributed by atoms with E-state index in [0.717, 1.165) is 46.7 Å². The maximum absolute atomic E-state index is 11.9. The molecule has 7 rings (SSSR count). The fourth-order valence-electron chi connectivity index (χ4n) is 8.65. The molecule has 0 saturated carbocycles. The Balaban J connectivity index is 0.000000410. The van der Waals surface area contributed by atoms with E-state index >= 15 is 0 Å². The number of carboxylic acids is 4. The van der Waals surface area contributed by atoms with E-state index in [1.807, 2.05) is 146 Å². The highest BCUT2D eigenvalue weighted by atomic mass is 16.4. The number of aliphatic carboxylic acids is 4. The van der Waals surface area contributed by atoms with Crippen LogP contribution in [0.25, 0.3) is 0 Å². The number of hydrogen-bond donors (Lipinski definition) is 17. The van der Waals surface area contributed by atoms with Gasteiger partial charge in [-0.1, -0.05) is 237 Å². The van der Waals surface area contributed by atoms with Crippen LogP contribution in [0.2, 0.25) is 0 Å². The maximum Gasteiger partial charge on any atom is 0.480 e. The van der Waals surface area contributed by atoms with Gasteiger partial charge in [0.05, 0.1) is 50.2 Å². The summed E-state index contributed by atoms with van der Waals surface area (Å²) in [6.45, 7) is 4.55. The number of hydrogen-bond acceptors (Lipinski definition) is 18. The van der Waals surface area contributed by atoms with Crippen molar-refractivity contribution in [1.29, 1.82) is 0 Å². The Morgan fingerprint density at radius 3 is 1.11 bits per heavy atom. The monoisotopic (exact) mass is 1310 g/mol. The predicted molar refractivity (Wildman–Crippen MR) is 363 cm³/mol. The minimum Gasteiger partial charge on any atom is -0.480 e. The molecule has 0 saturated heterocycles. The summed E-state index contributed by atoms with van der Waals surface area (Å²) in [4.78, 5) is 53.4. The first-order chi connectivity index (χ1) is 45.1. The second-order valence-electron chi connectivity index (χ2n) is 22.3. The molecule has 0 aliphatic rings. The number of rotatable bonds is 28. The molecule has 510 valence electrons. The van der Waals surface area contributed by atoms with Gasteiger partial charge in [0.1, 0.15) is 28.8 Å². The highest BCUT2D eigenvalue weighted by Crippen LogP contribution is 2.24. The smallest absolute Gasteiger partial charge is 0.480 e. The molecule has 0 bridgehead atoms. The van der Waals surface area contributed by atoms with Gasteiger partial charge in [-0.3, -0.25) is 25.0 Å². The van der Waals surface area contributed by atoms with E-state index in [-0.39, 0.29) is 38.7 Å². The lowest BCUT2D eigenvalue weighted by Crippen LogP contribution is -2.63. The molecular formula is C72H91BN4O18. The average Bonchev–Trinajstić information content (AvgIpc) is 0.825. The second kappa shape index (κ2) is 43.9. The van der Waals surface area contributed by atoms with Crippen LogP contribution in [0.3, 0.4) is 0 Å². The number of carbonyl (C=O) groups is 5. The number of allylic oxidation sites excluding steroid dienone is 2. The van der Waals surface area contributed by atoms with E-state index in [1.165, 1.54) is 19.8 Å². The molecule has 0 aliphatic carbocycles. The number of Topliss-reactive ketones (excluding diaryl/α,β-unsaturated/α-hetero) is 1. The lowest BCUT2D eigenvalue weighted by atomic mass is 9.86. The van der Waals surface area contributed by atoms with Crippen molar-refractivity contribution in [2.45, 2.75) is 113 Å². The Bertz CT molecular complexity index is 3320. The number of ketones is 1. The summed E-state index contributed by atoms with van der Waals surface area (Å²) in [7, 11) is -1.34. The molecule has 19 N–H and O–H groups in total. The van der Waals surface area contributed by atoms with Gasteiger partial charge in [-0.05, 0) is 72.6 Å². The van der Waals surface area contributed by atoms with Crippen molar-refractivity contribution >= 4 is 36.8 Å². The highest BCUT2D eigenvalue weighted by Gasteiger charge is 2.46. The summed E-state index contributed by atoms with van der Waals surface area (Å²) in [5, 5.41) is 127. The molecule has 95 heavy (non-hydrogen) atoms. The van der Waals surface area contributed by atoms with E-state index in [9.17, 15) is 64.8 Å². The summed E-state index contributed by atoms with van der Waals surface area (Å²) in [5.74, 6) is -4.50. The summed E-state index contributed by atoms with van der Waals surface area (Å²) < 4.78 is 0. The van der Waals surface area contributed by atoms with E-state index in [0.29, 0.717) is 12.0 Å². The number of carbonyl (C=O) groups excluding carboxylic acids is 1. The summed E-state index contributed by atoms with van der Waals surface area (Å²) in [5.41, 5.74) is 12.4. The molecule has 0 aliphatic heterocycles. The highest BCUT2D eigenvalue weighted by molar-refractivity contribution is 6.47. The van der Waals surface area contributed by atoms with Crippen LogP contribution < -0.4 is 22.1 Å². The molecule has 0 aromatic heterocycles. The number of nitrogens with one attached hydrogen (secondary N) is 2. The molecule has 0 radical (unpaired) electrons. The first kappa shape index (κ1) is 82.2. The molecule has 4 unspecified atom stereocenters. The first-order valence-corrected chi connectivity index (χ1v) is 30.2. The number of nitrogens with two attached hydrogens (primary N) is 2. The Hall–Kier alpha value is -8.89. The summed E-state index contributed by atoms with van der Waals surface area (Å²) in [6, 6.07) is 64.1. The lowest BCUT2D eigenvalue weighted by molar-refractivity contribution is -0.154. The second-order valence-corrected chi connectivity index (χ2v) is 22.3. The van der Waals surface area contributed by atoms with Crippen molar-refractivity contribution in [3.63, 3.8) is 0 Å². The zero-order chi connectivity index (χ0) is 71.0. The Morgan fingerprint density at radius 2 is 0.789 bits per heavy atom. The zero-order valence-electron chi connectivity index (χ0n) is 53.6. The largest absolute Gasteiger partial charge is 0.480 e. The van der Waals surface area contributed by atoms with Gasteiger partial charge in [-0.15, -0.1) is 0 Å². The predicted octanol–water partition coefficient (Wildman–Crippen LogP) is 4.96. The molecule has 22 nitrogen and oxygen atoms in total. The zero-order valence-corrected chi connectivity index (χ0v) is 53.6. The topological polar surface area (TPSA) is 424 Å². The van der Waals surface area contributed by atoms with Crippen molar-refractivity contribution in [3.8, 4) is 0 Å². The van der Waals surface area contributed by atoms with E-state index in [2.05, 4.69) is 10.6 Å². The van der Waals surface area contributed by atoms with Crippen LogP contribution in [-0.4, -0.2) is 164 Å². The molecule has 0 fully saturated rings. The standard InChI is InChI=1S/C20H25NO5.C20H23NO3.C12H17NO4.C9H11BO2.C8H11NO.C3H4O3/c1-20(19(25)26,21-16(13-22)15-10-6-3-7-11-15)18(24)17(23)12-14-8-4-2-5-9-14;1-20(19(23)24,14-8-11-16-9-4-2-5-10-16)21-18(15-22)17-12-6-3-7-13-17;1-12(13,11(16)17)10(15)9(14)7-8-5-3-2-4-6-8;11-10(12)8-4-7-9-5-2-1-3-6-9;9-8(6-10)7-4-2-1-3-5-7;1-2(4)3(5)6/h2-11,16-18,21-24H,12-13H2,1H3,(H,25,26);2-10,12-14,18,21-22H,11,15H2,1H3,(H,23,24);2-6,9-10,14-15H,7,13H2,1H3,(H,16,17);1-6,8,11-12H,7H2;1-5,8,10H,6,9H2;1H3,(H,5,6)/b;14-8+;;8-4+;;/t16-,17?,18?,20-;18-,20-;9?,10?,12-;;8-;/m000.0./s1. The van der Waals surface area contributed by atoms with Crippen LogP contribution in [0.5, 0.6) is 0 Å². The summed E-state index contributed by atoms with van der Waals surface area (Å²) in [6.07, 6.45) is 1.26. The number of aliphatic hydroxyl groups excluding tert-OH is 7. The van der Waals surface area contributed by atoms with Crippen LogP contribution in [0.1, 0.15) is 84.8 Å². The van der Waals surface area contributed by atoms with Gasteiger partial charge in [0.25, 0.3) is 0 Å². The first-order valence-electron chi connectivity index (χ1n) is 30.2. The maximum atomic E-state index is 11.9. The molecular weight excluding hydrogens is 1220 g/mol. The number of aliphatic hydroxyl groups is 7. The van der Waals surface area contributed by atoms with E-state index in [1.54, 1.807) is 91.9 Å². The van der Waals surface area contributed by atoms with Crippen molar-refractivity contribution in [2.75, 3.05) is 19.8 Å². The SMILES string of the molecule is CC(=O)C(=O)O.C[C@@](/C=C/Cc1ccccc1)(N[C@@H](CO)c1ccccc1)C(=O)O.C[C@@](N)(C(=O)O)C(O)C(O)Cc1ccccc1.C[C@@](N[C@@H](CO)c1ccccc1)(C(=O)O)C(O)C(O)Cc1ccccc1.N[C@@H](CO)c1ccccc1.OB(O)/C=C/Cc1ccccc1. The normalized spacial score (nSPS) is 14.9. The van der Waals surface area contributed by atoms with Crippen LogP contribution in [-0.2, 0) is 49.7 Å². The summed E-state index contributed by atoms with van der Waals surface area (Å²) >= 11 is 0. The third kappa shape index (κ3) is 30.8.